The lowest BCUT2D eigenvalue weighted by atomic mass is 10.5. The van der Waals surface area contributed by atoms with Gasteiger partial charge in [-0.05, 0) is 12.1 Å². The van der Waals surface area contributed by atoms with Gasteiger partial charge in [0.25, 0.3) is 0 Å². The van der Waals surface area contributed by atoms with E-state index in [1.807, 2.05) is 18.2 Å². The molecule has 1 aromatic rings. The first-order chi connectivity index (χ1) is 4.41. The molecule has 4 heteroatoms. The minimum Gasteiger partial charge on any atom is -0.430 e. The first-order valence-corrected chi connectivity index (χ1v) is 2.48. The third-order valence-electron chi connectivity index (χ3n) is 0.566. The normalized spacial score (nSPS) is 6.89. The average molecular weight is 125 g/mol. The van der Waals surface area contributed by atoms with Gasteiger partial charge in [0.1, 0.15) is 0 Å². The van der Waals surface area contributed by atoms with Crippen LogP contribution in [0.15, 0.2) is 30.6 Å². The number of hydrogen-bond donors (Lipinski definition) is 2. The van der Waals surface area contributed by atoms with Crippen LogP contribution in [0.4, 0.5) is 0 Å². The fraction of sp³-hybridized carbons (Fsp3) is 0. The third-order valence-corrected chi connectivity index (χ3v) is 0.566. The molecule has 0 bridgehead atoms. The van der Waals surface area contributed by atoms with Crippen LogP contribution in [0.3, 0.4) is 0 Å². The van der Waals surface area contributed by atoms with Crippen molar-refractivity contribution >= 4 is 7.69 Å². The molecular weight excluding hydrogens is 117 g/mol. The molecule has 9 heavy (non-hydrogen) atoms. The van der Waals surface area contributed by atoms with Crippen LogP contribution in [0.2, 0.25) is 0 Å². The van der Waals surface area contributed by atoms with Gasteiger partial charge in [-0.2, -0.15) is 0 Å². The SMILES string of the molecule is OBO.c1ccncc1. The van der Waals surface area contributed by atoms with Crippen LogP contribution in [-0.2, 0) is 0 Å². The third kappa shape index (κ3) is 7.13. The van der Waals surface area contributed by atoms with E-state index in [9.17, 15) is 0 Å². The Bertz CT molecular complexity index is 97.8. The summed E-state index contributed by atoms with van der Waals surface area (Å²) >= 11 is 0. The summed E-state index contributed by atoms with van der Waals surface area (Å²) in [5.74, 6) is 0. The summed E-state index contributed by atoms with van der Waals surface area (Å²) < 4.78 is 0. The highest BCUT2D eigenvalue weighted by Gasteiger charge is 1.58. The van der Waals surface area contributed by atoms with E-state index < -0.39 is 7.69 Å². The van der Waals surface area contributed by atoms with Crippen LogP contribution in [0.5, 0.6) is 0 Å². The van der Waals surface area contributed by atoms with Crippen LogP contribution in [0.1, 0.15) is 0 Å². The lowest BCUT2D eigenvalue weighted by molar-refractivity contribution is 0.448. The zero-order valence-corrected chi connectivity index (χ0v) is 4.94. The zero-order chi connectivity index (χ0) is 6.95. The molecule has 0 unspecified atom stereocenters. The summed E-state index contributed by atoms with van der Waals surface area (Å²) in [4.78, 5) is 3.78. The molecule has 0 aliphatic rings. The molecule has 1 rings (SSSR count). The predicted molar refractivity (Wildman–Crippen MR) is 35.8 cm³/mol. The molecule has 2 N–H and O–H groups in total. The Kier molecular flexibility index (Phi) is 6.45. The Balaban J connectivity index is 0.000000187. The van der Waals surface area contributed by atoms with Crippen molar-refractivity contribution in [3.05, 3.63) is 30.6 Å². The van der Waals surface area contributed by atoms with E-state index in [0.29, 0.717) is 0 Å². The van der Waals surface area contributed by atoms with Crippen LogP contribution in [0, 0.1) is 0 Å². The number of rotatable bonds is 0. The van der Waals surface area contributed by atoms with Crippen molar-refractivity contribution in [3.63, 3.8) is 0 Å². The molecule has 0 radical (unpaired) electrons. The molecule has 1 aromatic heterocycles. The van der Waals surface area contributed by atoms with Crippen molar-refractivity contribution in [3.8, 4) is 0 Å². The Morgan fingerprint density at radius 2 is 1.44 bits per heavy atom. The minimum atomic E-state index is -0.750. The van der Waals surface area contributed by atoms with E-state index >= 15 is 0 Å². The van der Waals surface area contributed by atoms with E-state index in [0.717, 1.165) is 0 Å². The molecular formula is C5H8BNO2. The monoisotopic (exact) mass is 125 g/mol. The van der Waals surface area contributed by atoms with Gasteiger partial charge >= 0.3 is 7.69 Å². The van der Waals surface area contributed by atoms with Gasteiger partial charge in [0.2, 0.25) is 0 Å². The molecule has 0 saturated heterocycles. The highest BCUT2D eigenvalue weighted by molar-refractivity contribution is 6.13. The lowest BCUT2D eigenvalue weighted by Gasteiger charge is -1.70. The predicted octanol–water partition coefficient (Wildman–Crippen LogP) is -0.681. The topological polar surface area (TPSA) is 53.4 Å². The summed E-state index contributed by atoms with van der Waals surface area (Å²) in [5, 5.41) is 14.2. The first kappa shape index (κ1) is 8.13. The van der Waals surface area contributed by atoms with Gasteiger partial charge in [-0.3, -0.25) is 4.98 Å². The van der Waals surface area contributed by atoms with E-state index in [4.69, 9.17) is 10.0 Å². The fourth-order valence-corrected chi connectivity index (χ4v) is 0.313. The molecule has 48 valence electrons. The molecule has 1 heterocycles. The molecule has 0 aromatic carbocycles. The zero-order valence-electron chi connectivity index (χ0n) is 4.94. The van der Waals surface area contributed by atoms with Gasteiger partial charge in [0.05, 0.1) is 0 Å². The number of pyridine rings is 1. The largest absolute Gasteiger partial charge is 0.432 e. The molecule has 0 amide bonds. The fourth-order valence-electron chi connectivity index (χ4n) is 0.313. The maximum Gasteiger partial charge on any atom is 0.432 e. The molecule has 0 atom stereocenters. The summed E-state index contributed by atoms with van der Waals surface area (Å²) in [7, 11) is -0.750. The van der Waals surface area contributed by atoms with Gasteiger partial charge in [-0.15, -0.1) is 0 Å². The van der Waals surface area contributed by atoms with Gasteiger partial charge in [0.15, 0.2) is 0 Å². The second-order valence-electron chi connectivity index (χ2n) is 1.17. The molecule has 0 spiro atoms. The smallest absolute Gasteiger partial charge is 0.430 e. The molecule has 0 aliphatic carbocycles. The Morgan fingerprint density at radius 3 is 1.56 bits per heavy atom. The van der Waals surface area contributed by atoms with Crippen molar-refractivity contribution in [2.45, 2.75) is 0 Å². The Labute approximate surface area is 54.3 Å². The minimum absolute atomic E-state index is 0.750. The Morgan fingerprint density at radius 1 is 1.00 bits per heavy atom. The summed E-state index contributed by atoms with van der Waals surface area (Å²) in [5.41, 5.74) is 0. The van der Waals surface area contributed by atoms with Crippen molar-refractivity contribution in [1.82, 2.24) is 4.98 Å². The number of hydrogen-bond acceptors (Lipinski definition) is 3. The van der Waals surface area contributed by atoms with Crippen molar-refractivity contribution in [1.29, 1.82) is 0 Å². The van der Waals surface area contributed by atoms with Gasteiger partial charge in [0, 0.05) is 12.4 Å². The van der Waals surface area contributed by atoms with E-state index in [2.05, 4.69) is 4.98 Å². The first-order valence-electron chi connectivity index (χ1n) is 2.48. The highest BCUT2D eigenvalue weighted by atomic mass is 16.4. The van der Waals surface area contributed by atoms with Gasteiger partial charge < -0.3 is 10.0 Å². The van der Waals surface area contributed by atoms with Crippen molar-refractivity contribution in [2.24, 2.45) is 0 Å². The number of nitrogens with zero attached hydrogens (tertiary/aromatic N) is 1. The Hall–Kier alpha value is -0.865. The average Bonchev–Trinajstić information content (AvgIpc) is 1.93. The molecule has 0 aliphatic heterocycles. The number of aromatic nitrogens is 1. The lowest BCUT2D eigenvalue weighted by Crippen LogP contribution is -1.75. The van der Waals surface area contributed by atoms with E-state index in [-0.39, 0.29) is 0 Å². The molecule has 0 fully saturated rings. The quantitative estimate of drug-likeness (QED) is 0.451. The highest BCUT2D eigenvalue weighted by Crippen LogP contribution is 1.73. The maximum absolute atomic E-state index is 7.12. The van der Waals surface area contributed by atoms with Gasteiger partial charge in [-0.1, -0.05) is 6.07 Å². The second-order valence-corrected chi connectivity index (χ2v) is 1.17. The second kappa shape index (κ2) is 7.13. The van der Waals surface area contributed by atoms with E-state index in [1.54, 1.807) is 12.4 Å². The van der Waals surface area contributed by atoms with Gasteiger partial charge in [-0.25, -0.2) is 0 Å². The standard InChI is InChI=1S/C5H5N.BH3O2/c1-2-4-6-5-3-1;2-1-3/h1-5H;1-3H. The van der Waals surface area contributed by atoms with Crippen molar-refractivity contribution < 1.29 is 10.0 Å². The van der Waals surface area contributed by atoms with Crippen LogP contribution >= 0.6 is 0 Å². The molecule has 0 saturated carbocycles. The van der Waals surface area contributed by atoms with E-state index in [1.165, 1.54) is 0 Å². The van der Waals surface area contributed by atoms with Crippen LogP contribution < -0.4 is 0 Å². The summed E-state index contributed by atoms with van der Waals surface area (Å²) in [6, 6.07) is 5.72. The maximum atomic E-state index is 7.12. The van der Waals surface area contributed by atoms with Crippen LogP contribution in [0.25, 0.3) is 0 Å². The summed E-state index contributed by atoms with van der Waals surface area (Å²) in [6.07, 6.45) is 3.50. The summed E-state index contributed by atoms with van der Waals surface area (Å²) in [6.45, 7) is 0. The van der Waals surface area contributed by atoms with Crippen molar-refractivity contribution in [2.75, 3.05) is 0 Å². The molecule has 3 nitrogen and oxygen atoms in total. The van der Waals surface area contributed by atoms with Crippen LogP contribution in [-0.4, -0.2) is 22.7 Å².